The van der Waals surface area contributed by atoms with E-state index < -0.39 is 0 Å². The van der Waals surface area contributed by atoms with Crippen molar-refractivity contribution in [2.24, 2.45) is 0 Å². The van der Waals surface area contributed by atoms with E-state index in [2.05, 4.69) is 6.58 Å². The van der Waals surface area contributed by atoms with Gasteiger partial charge >= 0.3 is 0 Å². The van der Waals surface area contributed by atoms with E-state index in [-0.39, 0.29) is 6.61 Å². The number of ether oxygens (including phenoxy) is 1. The van der Waals surface area contributed by atoms with Crippen LogP contribution < -0.4 is 4.74 Å². The zero-order valence-electron chi connectivity index (χ0n) is 8.00. The van der Waals surface area contributed by atoms with Crippen LogP contribution in [0.3, 0.4) is 0 Å². The number of hydrogen-bond donors (Lipinski definition) is 1. The second-order valence-electron chi connectivity index (χ2n) is 2.97. The molecule has 0 bridgehead atoms. The number of rotatable bonds is 3. The number of aliphatic hydroxyl groups excluding tert-OH is 1. The summed E-state index contributed by atoms with van der Waals surface area (Å²) in [5, 5.41) is 9.05. The highest BCUT2D eigenvalue weighted by Gasteiger charge is 2.02. The lowest BCUT2D eigenvalue weighted by molar-refractivity contribution is 0.274. The molecule has 0 aliphatic heterocycles. The normalized spacial score (nSPS) is 9.77. The molecule has 0 amide bonds. The van der Waals surface area contributed by atoms with Crippen LogP contribution >= 0.6 is 0 Å². The van der Waals surface area contributed by atoms with Crippen LogP contribution in [-0.2, 0) is 6.61 Å². The molecule has 1 aromatic carbocycles. The highest BCUT2D eigenvalue weighted by Crippen LogP contribution is 2.22. The van der Waals surface area contributed by atoms with E-state index >= 15 is 0 Å². The van der Waals surface area contributed by atoms with E-state index in [1.807, 2.05) is 25.1 Å². The molecule has 0 saturated heterocycles. The van der Waals surface area contributed by atoms with Crippen molar-refractivity contribution in [3.8, 4) is 5.75 Å². The highest BCUT2D eigenvalue weighted by molar-refractivity contribution is 5.63. The Morgan fingerprint density at radius 1 is 1.54 bits per heavy atom. The Kier molecular flexibility index (Phi) is 3.09. The quantitative estimate of drug-likeness (QED) is 0.769. The maximum absolute atomic E-state index is 9.05. The molecule has 2 heteroatoms. The molecule has 70 valence electrons. The van der Waals surface area contributed by atoms with Gasteiger partial charge in [-0.15, -0.1) is 0 Å². The molecule has 0 heterocycles. The van der Waals surface area contributed by atoms with Crippen molar-refractivity contribution in [3.05, 3.63) is 35.9 Å². The first kappa shape index (κ1) is 9.81. The zero-order chi connectivity index (χ0) is 9.84. The molecule has 0 fully saturated rings. The third-order valence-corrected chi connectivity index (χ3v) is 1.94. The largest absolute Gasteiger partial charge is 0.496 e. The summed E-state index contributed by atoms with van der Waals surface area (Å²) in [5.74, 6) is 0.715. The van der Waals surface area contributed by atoms with Crippen molar-refractivity contribution in [3.63, 3.8) is 0 Å². The van der Waals surface area contributed by atoms with E-state index in [0.29, 0.717) is 5.75 Å². The second kappa shape index (κ2) is 4.10. The Morgan fingerprint density at radius 2 is 2.23 bits per heavy atom. The molecule has 0 aliphatic carbocycles. The van der Waals surface area contributed by atoms with Crippen molar-refractivity contribution < 1.29 is 9.84 Å². The van der Waals surface area contributed by atoms with E-state index in [1.54, 1.807) is 7.11 Å². The molecule has 0 aliphatic rings. The van der Waals surface area contributed by atoms with Gasteiger partial charge in [0.2, 0.25) is 0 Å². The molecule has 0 saturated carbocycles. The van der Waals surface area contributed by atoms with E-state index in [1.165, 1.54) is 0 Å². The molecule has 0 radical (unpaired) electrons. The predicted molar refractivity (Wildman–Crippen MR) is 53.6 cm³/mol. The van der Waals surface area contributed by atoms with Gasteiger partial charge in [0.25, 0.3) is 0 Å². The Balaban J connectivity index is 3.13. The third kappa shape index (κ3) is 2.10. The highest BCUT2D eigenvalue weighted by atomic mass is 16.5. The Morgan fingerprint density at radius 3 is 2.69 bits per heavy atom. The molecular formula is C11H14O2. The minimum Gasteiger partial charge on any atom is -0.496 e. The summed E-state index contributed by atoms with van der Waals surface area (Å²) in [4.78, 5) is 0. The predicted octanol–water partition coefficient (Wildman–Crippen LogP) is 2.22. The Labute approximate surface area is 78.5 Å². The van der Waals surface area contributed by atoms with Gasteiger partial charge in [0, 0.05) is 5.56 Å². The van der Waals surface area contributed by atoms with Crippen LogP contribution in [0.15, 0.2) is 24.8 Å². The first-order chi connectivity index (χ1) is 6.19. The summed E-state index contributed by atoms with van der Waals surface area (Å²) in [6.45, 7) is 5.76. The topological polar surface area (TPSA) is 29.5 Å². The third-order valence-electron chi connectivity index (χ3n) is 1.94. The smallest absolute Gasteiger partial charge is 0.124 e. The van der Waals surface area contributed by atoms with Crippen molar-refractivity contribution >= 4 is 5.57 Å². The molecular weight excluding hydrogens is 164 g/mol. The summed E-state index contributed by atoms with van der Waals surface area (Å²) in [6, 6.07) is 5.66. The van der Waals surface area contributed by atoms with Crippen molar-refractivity contribution in [2.75, 3.05) is 7.11 Å². The van der Waals surface area contributed by atoms with Gasteiger partial charge in [-0.25, -0.2) is 0 Å². The van der Waals surface area contributed by atoms with Crippen molar-refractivity contribution in [1.82, 2.24) is 0 Å². The summed E-state index contributed by atoms with van der Waals surface area (Å²) in [6.07, 6.45) is 0. The van der Waals surface area contributed by atoms with Crippen molar-refractivity contribution in [1.29, 1.82) is 0 Å². The lowest BCUT2D eigenvalue weighted by atomic mass is 10.1. The van der Waals surface area contributed by atoms with Gasteiger partial charge in [-0.05, 0) is 24.6 Å². The summed E-state index contributed by atoms with van der Waals surface area (Å²) < 4.78 is 5.08. The summed E-state index contributed by atoms with van der Waals surface area (Å²) in [5.41, 5.74) is 2.81. The number of benzene rings is 1. The van der Waals surface area contributed by atoms with Gasteiger partial charge in [0.1, 0.15) is 5.75 Å². The molecule has 0 spiro atoms. The SMILES string of the molecule is C=C(C)c1ccc(OC)c(CO)c1. The van der Waals surface area contributed by atoms with Crippen LogP contribution in [-0.4, -0.2) is 12.2 Å². The van der Waals surface area contributed by atoms with Gasteiger partial charge < -0.3 is 9.84 Å². The van der Waals surface area contributed by atoms with Crippen LogP contribution in [0.25, 0.3) is 5.57 Å². The first-order valence-corrected chi connectivity index (χ1v) is 4.12. The van der Waals surface area contributed by atoms with Gasteiger partial charge in [0.05, 0.1) is 13.7 Å². The Hall–Kier alpha value is -1.28. The van der Waals surface area contributed by atoms with Gasteiger partial charge in [-0.2, -0.15) is 0 Å². The first-order valence-electron chi connectivity index (χ1n) is 4.12. The fraction of sp³-hybridized carbons (Fsp3) is 0.273. The summed E-state index contributed by atoms with van der Waals surface area (Å²) in [7, 11) is 1.59. The molecule has 0 unspecified atom stereocenters. The van der Waals surface area contributed by atoms with Gasteiger partial charge in [0.15, 0.2) is 0 Å². The minimum atomic E-state index is -0.00963. The molecule has 0 atom stereocenters. The van der Waals surface area contributed by atoms with Crippen LogP contribution in [0.5, 0.6) is 5.75 Å². The second-order valence-corrected chi connectivity index (χ2v) is 2.97. The Bertz CT molecular complexity index is 316. The van der Waals surface area contributed by atoms with Crippen LogP contribution in [0.4, 0.5) is 0 Å². The minimum absolute atomic E-state index is 0.00963. The van der Waals surface area contributed by atoms with E-state index in [9.17, 15) is 0 Å². The zero-order valence-corrected chi connectivity index (χ0v) is 8.00. The average Bonchev–Trinajstić information content (AvgIpc) is 2.16. The fourth-order valence-corrected chi connectivity index (χ4v) is 1.17. The van der Waals surface area contributed by atoms with Crippen LogP contribution in [0.1, 0.15) is 18.1 Å². The average molecular weight is 178 g/mol. The molecule has 1 aromatic rings. The number of hydrogen-bond acceptors (Lipinski definition) is 2. The number of methoxy groups -OCH3 is 1. The number of aliphatic hydroxyl groups is 1. The maximum Gasteiger partial charge on any atom is 0.124 e. The van der Waals surface area contributed by atoms with Gasteiger partial charge in [-0.3, -0.25) is 0 Å². The van der Waals surface area contributed by atoms with Gasteiger partial charge in [-0.1, -0.05) is 18.2 Å². The van der Waals surface area contributed by atoms with Crippen LogP contribution in [0.2, 0.25) is 0 Å². The standard InChI is InChI=1S/C11H14O2/c1-8(2)9-4-5-11(13-3)10(6-9)7-12/h4-6,12H,1,7H2,2-3H3. The monoisotopic (exact) mass is 178 g/mol. The van der Waals surface area contributed by atoms with E-state index in [4.69, 9.17) is 9.84 Å². The molecule has 2 nitrogen and oxygen atoms in total. The maximum atomic E-state index is 9.05. The lowest BCUT2D eigenvalue weighted by Crippen LogP contribution is -1.92. The lowest BCUT2D eigenvalue weighted by Gasteiger charge is -2.08. The molecule has 13 heavy (non-hydrogen) atoms. The molecule has 0 aromatic heterocycles. The molecule has 1 N–H and O–H groups in total. The number of allylic oxidation sites excluding steroid dienone is 1. The van der Waals surface area contributed by atoms with Crippen LogP contribution in [0, 0.1) is 0 Å². The van der Waals surface area contributed by atoms with E-state index in [0.717, 1.165) is 16.7 Å². The molecule has 1 rings (SSSR count). The van der Waals surface area contributed by atoms with Crippen molar-refractivity contribution in [2.45, 2.75) is 13.5 Å². The fourth-order valence-electron chi connectivity index (χ4n) is 1.17. The summed E-state index contributed by atoms with van der Waals surface area (Å²) >= 11 is 0.